The standard InChI is InChI=1S/C14H17N3O2S/c1-11(10-12-6-3-2-4-7-12)17-20(18,19)13-8-5-9-16-14(13)15/h2-9,11,17H,10H2,1H3,(H2,15,16). The van der Waals surface area contributed by atoms with Crippen molar-refractivity contribution in [2.75, 3.05) is 5.73 Å². The van der Waals surface area contributed by atoms with Gasteiger partial charge in [0.25, 0.3) is 0 Å². The van der Waals surface area contributed by atoms with Crippen LogP contribution in [-0.2, 0) is 16.4 Å². The van der Waals surface area contributed by atoms with Crippen LogP contribution in [-0.4, -0.2) is 19.4 Å². The highest BCUT2D eigenvalue weighted by molar-refractivity contribution is 7.89. The number of nitrogens with two attached hydrogens (primary N) is 1. The molecule has 20 heavy (non-hydrogen) atoms. The molecule has 0 saturated carbocycles. The summed E-state index contributed by atoms with van der Waals surface area (Å²) < 4.78 is 27.1. The molecule has 5 nitrogen and oxygen atoms in total. The predicted molar refractivity (Wildman–Crippen MR) is 78.6 cm³/mol. The van der Waals surface area contributed by atoms with Crippen LogP contribution < -0.4 is 10.5 Å². The van der Waals surface area contributed by atoms with Crippen LogP contribution in [0.4, 0.5) is 5.82 Å². The normalized spacial score (nSPS) is 13.1. The average Bonchev–Trinajstić information content (AvgIpc) is 2.39. The van der Waals surface area contributed by atoms with Crippen molar-refractivity contribution in [2.45, 2.75) is 24.3 Å². The quantitative estimate of drug-likeness (QED) is 0.875. The third kappa shape index (κ3) is 3.55. The van der Waals surface area contributed by atoms with Gasteiger partial charge < -0.3 is 5.73 Å². The van der Waals surface area contributed by atoms with Crippen molar-refractivity contribution in [3.05, 3.63) is 54.2 Å². The summed E-state index contributed by atoms with van der Waals surface area (Å²) in [5.41, 5.74) is 6.68. The maximum absolute atomic E-state index is 12.2. The smallest absolute Gasteiger partial charge is 0.244 e. The summed E-state index contributed by atoms with van der Waals surface area (Å²) in [6, 6.07) is 12.5. The molecular formula is C14H17N3O2S. The number of pyridine rings is 1. The Morgan fingerprint density at radius 2 is 1.90 bits per heavy atom. The van der Waals surface area contributed by atoms with Crippen molar-refractivity contribution in [1.29, 1.82) is 0 Å². The third-order valence-electron chi connectivity index (χ3n) is 2.83. The van der Waals surface area contributed by atoms with Crippen LogP contribution in [0.25, 0.3) is 0 Å². The molecule has 0 spiro atoms. The molecule has 106 valence electrons. The Morgan fingerprint density at radius 3 is 2.55 bits per heavy atom. The number of aromatic nitrogens is 1. The monoisotopic (exact) mass is 291 g/mol. The van der Waals surface area contributed by atoms with E-state index in [9.17, 15) is 8.42 Å². The number of hydrogen-bond donors (Lipinski definition) is 2. The summed E-state index contributed by atoms with van der Waals surface area (Å²) in [6.07, 6.45) is 2.07. The lowest BCUT2D eigenvalue weighted by Gasteiger charge is -2.15. The molecule has 1 unspecified atom stereocenters. The van der Waals surface area contributed by atoms with E-state index in [0.29, 0.717) is 6.42 Å². The number of sulfonamides is 1. The molecule has 0 radical (unpaired) electrons. The molecule has 0 amide bonds. The van der Waals surface area contributed by atoms with Gasteiger partial charge in [-0.1, -0.05) is 30.3 Å². The van der Waals surface area contributed by atoms with Gasteiger partial charge in [-0.3, -0.25) is 0 Å². The minimum absolute atomic E-state index is 0.00640. The van der Waals surface area contributed by atoms with Gasteiger partial charge in [-0.15, -0.1) is 0 Å². The Hall–Kier alpha value is -1.92. The molecule has 0 saturated heterocycles. The van der Waals surface area contributed by atoms with Crippen LogP contribution in [0.3, 0.4) is 0 Å². The van der Waals surface area contributed by atoms with Crippen molar-refractivity contribution >= 4 is 15.8 Å². The van der Waals surface area contributed by atoms with Gasteiger partial charge in [0, 0.05) is 12.2 Å². The summed E-state index contributed by atoms with van der Waals surface area (Å²) in [7, 11) is -3.65. The van der Waals surface area contributed by atoms with E-state index in [1.54, 1.807) is 6.07 Å². The van der Waals surface area contributed by atoms with Crippen LogP contribution in [0.5, 0.6) is 0 Å². The predicted octanol–water partition coefficient (Wildman–Crippen LogP) is 1.57. The van der Waals surface area contributed by atoms with Crippen LogP contribution in [0.2, 0.25) is 0 Å². The minimum Gasteiger partial charge on any atom is -0.383 e. The van der Waals surface area contributed by atoms with Gasteiger partial charge >= 0.3 is 0 Å². The maximum atomic E-state index is 12.2. The van der Waals surface area contributed by atoms with Crippen LogP contribution in [0, 0.1) is 0 Å². The fourth-order valence-corrected chi connectivity index (χ4v) is 3.29. The zero-order valence-electron chi connectivity index (χ0n) is 11.2. The van der Waals surface area contributed by atoms with E-state index >= 15 is 0 Å². The summed E-state index contributed by atoms with van der Waals surface area (Å²) in [6.45, 7) is 1.82. The van der Waals surface area contributed by atoms with E-state index in [2.05, 4.69) is 9.71 Å². The van der Waals surface area contributed by atoms with E-state index in [4.69, 9.17) is 5.73 Å². The molecule has 2 aromatic rings. The Bertz CT molecular complexity index is 672. The van der Waals surface area contributed by atoms with Crippen LogP contribution in [0.1, 0.15) is 12.5 Å². The van der Waals surface area contributed by atoms with E-state index in [0.717, 1.165) is 5.56 Å². The molecule has 0 aliphatic heterocycles. The van der Waals surface area contributed by atoms with E-state index in [-0.39, 0.29) is 16.8 Å². The molecule has 1 atom stereocenters. The van der Waals surface area contributed by atoms with Gasteiger partial charge in [0.1, 0.15) is 10.7 Å². The van der Waals surface area contributed by atoms with Gasteiger partial charge in [-0.25, -0.2) is 18.1 Å². The molecule has 0 aliphatic carbocycles. The number of benzene rings is 1. The topological polar surface area (TPSA) is 85.1 Å². The first kappa shape index (κ1) is 14.5. The van der Waals surface area contributed by atoms with Crippen LogP contribution in [0.15, 0.2) is 53.6 Å². The Morgan fingerprint density at radius 1 is 1.20 bits per heavy atom. The summed E-state index contributed by atoms with van der Waals surface area (Å²) >= 11 is 0. The highest BCUT2D eigenvalue weighted by Crippen LogP contribution is 2.15. The average molecular weight is 291 g/mol. The van der Waals surface area contributed by atoms with E-state index in [1.165, 1.54) is 12.3 Å². The summed E-state index contributed by atoms with van der Waals surface area (Å²) in [5.74, 6) is 0.00640. The zero-order chi connectivity index (χ0) is 14.6. The third-order valence-corrected chi connectivity index (χ3v) is 4.47. The molecule has 6 heteroatoms. The van der Waals surface area contributed by atoms with Gasteiger partial charge in [0.05, 0.1) is 0 Å². The maximum Gasteiger partial charge on any atom is 0.244 e. The fourth-order valence-electron chi connectivity index (χ4n) is 1.97. The first-order valence-electron chi connectivity index (χ1n) is 6.26. The first-order valence-corrected chi connectivity index (χ1v) is 7.74. The number of nitrogens with one attached hydrogen (secondary N) is 1. The SMILES string of the molecule is CC(Cc1ccccc1)NS(=O)(=O)c1cccnc1N. The van der Waals surface area contributed by atoms with E-state index in [1.807, 2.05) is 37.3 Å². The molecule has 1 aromatic heterocycles. The molecular weight excluding hydrogens is 274 g/mol. The molecule has 1 aromatic carbocycles. The van der Waals surface area contributed by atoms with E-state index < -0.39 is 10.0 Å². The Kier molecular flexibility index (Phi) is 4.36. The second-order valence-electron chi connectivity index (χ2n) is 4.60. The lowest BCUT2D eigenvalue weighted by Crippen LogP contribution is -2.34. The van der Waals surface area contributed by atoms with Crippen molar-refractivity contribution < 1.29 is 8.42 Å². The van der Waals surface area contributed by atoms with Crippen molar-refractivity contribution in [3.63, 3.8) is 0 Å². The summed E-state index contributed by atoms with van der Waals surface area (Å²) in [5, 5.41) is 0. The summed E-state index contributed by atoms with van der Waals surface area (Å²) in [4.78, 5) is 3.81. The van der Waals surface area contributed by atoms with Gasteiger partial charge in [0.2, 0.25) is 10.0 Å². The van der Waals surface area contributed by atoms with Gasteiger partial charge in [0.15, 0.2) is 0 Å². The highest BCUT2D eigenvalue weighted by Gasteiger charge is 2.20. The molecule has 3 N–H and O–H groups in total. The fraction of sp³-hybridized carbons (Fsp3) is 0.214. The Labute approximate surface area is 118 Å². The molecule has 0 fully saturated rings. The van der Waals surface area contributed by atoms with Crippen molar-refractivity contribution in [3.8, 4) is 0 Å². The molecule has 0 bridgehead atoms. The molecule has 0 aliphatic rings. The highest BCUT2D eigenvalue weighted by atomic mass is 32.2. The number of hydrogen-bond acceptors (Lipinski definition) is 4. The van der Waals surface area contributed by atoms with Crippen molar-refractivity contribution in [2.24, 2.45) is 0 Å². The number of nitrogen functional groups attached to an aromatic ring is 1. The Balaban J connectivity index is 2.11. The van der Waals surface area contributed by atoms with Crippen LogP contribution >= 0.6 is 0 Å². The zero-order valence-corrected chi connectivity index (χ0v) is 12.0. The number of nitrogens with zero attached hydrogens (tertiary/aromatic N) is 1. The largest absolute Gasteiger partial charge is 0.383 e. The van der Waals surface area contributed by atoms with Gasteiger partial charge in [-0.05, 0) is 31.0 Å². The second kappa shape index (κ2) is 6.02. The second-order valence-corrected chi connectivity index (χ2v) is 6.28. The molecule has 2 rings (SSSR count). The lowest BCUT2D eigenvalue weighted by molar-refractivity contribution is 0.560. The van der Waals surface area contributed by atoms with Gasteiger partial charge in [-0.2, -0.15) is 0 Å². The lowest BCUT2D eigenvalue weighted by atomic mass is 10.1. The first-order chi connectivity index (χ1) is 9.49. The number of rotatable bonds is 5. The number of anilines is 1. The minimum atomic E-state index is -3.65. The molecule has 1 heterocycles. The van der Waals surface area contributed by atoms with Crippen molar-refractivity contribution in [1.82, 2.24) is 9.71 Å².